The van der Waals surface area contributed by atoms with Crippen LogP contribution in [0, 0.1) is 62.5 Å². The molecule has 1 N–H and O–H groups in total. The number of esters is 1. The van der Waals surface area contributed by atoms with Crippen molar-refractivity contribution in [3.63, 3.8) is 0 Å². The Morgan fingerprint density at radius 1 is 0.885 bits per heavy atom. The maximum atomic E-state index is 15.4. The van der Waals surface area contributed by atoms with Crippen LogP contribution in [0.25, 0.3) is 11.3 Å². The predicted molar refractivity (Wildman–Crippen MR) is 202 cm³/mol. The molecule has 11 atom stereocenters. The van der Waals surface area contributed by atoms with Gasteiger partial charge in [-0.25, -0.2) is 9.37 Å². The molecule has 2 heterocycles. The van der Waals surface area contributed by atoms with Gasteiger partial charge in [-0.1, -0.05) is 46.8 Å². The largest absolute Gasteiger partial charge is 0.462 e. The van der Waals surface area contributed by atoms with Crippen LogP contribution in [0.5, 0.6) is 0 Å². The SMILES string of the molecule is C=C(C)[C@@H]1CC[C@]2(C(=O)N3CCCC3c3ncc(-c4ccc(F)cc4)[nH]3)CC[C@]3(C)[C@H](CC[C@@H]4[C@@]5(C)CC[C@H](OC(C)=O)C(C)(C)[C@@H]5CC[C@]43C)[C@@H]12. The van der Waals surface area contributed by atoms with Crippen molar-refractivity contribution in [2.75, 3.05) is 6.54 Å². The minimum absolute atomic E-state index is 0.0134. The number of nitrogens with one attached hydrogen (secondary N) is 1. The first-order valence-electron chi connectivity index (χ1n) is 20.5. The Labute approximate surface area is 311 Å². The van der Waals surface area contributed by atoms with Gasteiger partial charge in [-0.05, 0) is 160 Å². The Balaban J connectivity index is 1.10. The van der Waals surface area contributed by atoms with E-state index in [2.05, 4.69) is 58.0 Å². The van der Waals surface area contributed by atoms with Gasteiger partial charge in [-0.3, -0.25) is 9.59 Å². The fourth-order valence-corrected chi connectivity index (χ4v) is 14.8. The summed E-state index contributed by atoms with van der Waals surface area (Å²) < 4.78 is 19.6. The van der Waals surface area contributed by atoms with Gasteiger partial charge in [0.25, 0.3) is 0 Å². The van der Waals surface area contributed by atoms with Crippen molar-refractivity contribution < 1.29 is 18.7 Å². The van der Waals surface area contributed by atoms with Crippen LogP contribution in [-0.2, 0) is 14.3 Å². The monoisotopic (exact) mass is 711 g/mol. The Kier molecular flexibility index (Phi) is 8.51. The summed E-state index contributed by atoms with van der Waals surface area (Å²) in [5.74, 6) is 3.09. The molecule has 282 valence electrons. The number of aromatic nitrogens is 2. The highest BCUT2D eigenvalue weighted by Crippen LogP contribution is 2.78. The normalized spacial score (nSPS) is 42.1. The van der Waals surface area contributed by atoms with Gasteiger partial charge in [-0.15, -0.1) is 0 Å². The van der Waals surface area contributed by atoms with Gasteiger partial charge >= 0.3 is 5.97 Å². The zero-order chi connectivity index (χ0) is 37.0. The molecule has 5 aliphatic carbocycles. The number of carbonyl (C=O) groups is 2. The van der Waals surface area contributed by atoms with Gasteiger partial charge < -0.3 is 14.6 Å². The number of likely N-dealkylation sites (tertiary alicyclic amines) is 1. The summed E-state index contributed by atoms with van der Waals surface area (Å²) in [6, 6.07) is 6.45. The molecule has 5 saturated carbocycles. The first-order chi connectivity index (χ1) is 24.6. The zero-order valence-corrected chi connectivity index (χ0v) is 32.8. The third-order valence-corrected chi connectivity index (χ3v) is 17.3. The molecule has 7 heteroatoms. The maximum absolute atomic E-state index is 15.4. The average Bonchev–Trinajstić information content (AvgIpc) is 3.85. The highest BCUT2D eigenvalue weighted by Gasteiger charge is 2.72. The number of ether oxygens (including phenoxy) is 1. The summed E-state index contributed by atoms with van der Waals surface area (Å²) in [6.45, 7) is 21.8. The lowest BCUT2D eigenvalue weighted by Gasteiger charge is -2.73. The van der Waals surface area contributed by atoms with E-state index in [0.717, 1.165) is 75.0 Å². The number of carbonyl (C=O) groups excluding carboxylic acids is 2. The van der Waals surface area contributed by atoms with E-state index in [1.807, 2.05) is 6.20 Å². The summed E-state index contributed by atoms with van der Waals surface area (Å²) in [5, 5.41) is 0. The van der Waals surface area contributed by atoms with Gasteiger partial charge in [0, 0.05) is 18.9 Å². The van der Waals surface area contributed by atoms with Crippen molar-refractivity contribution in [2.45, 2.75) is 138 Å². The van der Waals surface area contributed by atoms with E-state index in [1.165, 1.54) is 43.4 Å². The van der Waals surface area contributed by atoms with E-state index < -0.39 is 0 Å². The van der Waals surface area contributed by atoms with Crippen LogP contribution in [0.15, 0.2) is 42.6 Å². The predicted octanol–water partition coefficient (Wildman–Crippen LogP) is 10.5. The highest BCUT2D eigenvalue weighted by molar-refractivity contribution is 5.84. The molecule has 1 amide bonds. The van der Waals surface area contributed by atoms with Crippen LogP contribution in [0.3, 0.4) is 0 Å². The molecular weight excluding hydrogens is 650 g/mol. The van der Waals surface area contributed by atoms with Crippen molar-refractivity contribution in [3.05, 3.63) is 54.3 Å². The third kappa shape index (κ3) is 5.01. The Morgan fingerprint density at radius 3 is 2.35 bits per heavy atom. The molecule has 1 aromatic carbocycles. The smallest absolute Gasteiger partial charge is 0.302 e. The standard InChI is InChI=1S/C45H62FN3O3/c1-27(2)31-17-22-45(40(51)49-25-9-10-34(49)39-47-26-33(48-39)29-11-13-30(46)14-12-29)24-23-43(7)32(38(31)45)15-16-36-42(6)20-19-37(52-28(3)50)41(4,5)35(42)18-21-44(36,43)8/h11-14,26,31-32,34-38H,1,9-10,15-25H2,2-8H3,(H,47,48)/t31-,32+,34?,35-,36+,37-,38+,42-,43+,44+,45-/m0/s1. The number of fused-ring (bicyclic) bond motifs is 7. The fourth-order valence-electron chi connectivity index (χ4n) is 14.8. The van der Waals surface area contributed by atoms with E-state index in [1.54, 1.807) is 19.1 Å². The molecule has 0 spiro atoms. The van der Waals surface area contributed by atoms with Crippen LogP contribution in [0.1, 0.15) is 137 Å². The number of rotatable bonds is 5. The van der Waals surface area contributed by atoms with E-state index in [-0.39, 0.29) is 51.0 Å². The number of nitrogens with zero attached hydrogens (tertiary/aromatic N) is 2. The molecule has 1 unspecified atom stereocenters. The first kappa shape index (κ1) is 36.0. The highest BCUT2D eigenvalue weighted by atomic mass is 19.1. The molecule has 6 fully saturated rings. The number of hydrogen-bond donors (Lipinski definition) is 1. The Hall–Kier alpha value is -2.96. The van der Waals surface area contributed by atoms with Gasteiger partial charge in [0.2, 0.25) is 5.91 Å². The molecule has 6 nitrogen and oxygen atoms in total. The molecule has 0 radical (unpaired) electrons. The van der Waals surface area contributed by atoms with Crippen molar-refractivity contribution in [3.8, 4) is 11.3 Å². The van der Waals surface area contributed by atoms with Crippen LogP contribution < -0.4 is 0 Å². The van der Waals surface area contributed by atoms with Gasteiger partial charge in [0.1, 0.15) is 17.7 Å². The third-order valence-electron chi connectivity index (χ3n) is 17.3. The van der Waals surface area contributed by atoms with Crippen molar-refractivity contribution >= 4 is 11.9 Å². The summed E-state index contributed by atoms with van der Waals surface area (Å²) in [5.41, 5.74) is 3.12. The van der Waals surface area contributed by atoms with Crippen LogP contribution >= 0.6 is 0 Å². The van der Waals surface area contributed by atoms with E-state index in [9.17, 15) is 9.18 Å². The molecule has 1 saturated heterocycles. The maximum Gasteiger partial charge on any atom is 0.302 e. The molecule has 1 aromatic heterocycles. The van der Waals surface area contributed by atoms with E-state index in [0.29, 0.717) is 35.5 Å². The second-order valence-corrected chi connectivity index (χ2v) is 19.6. The van der Waals surface area contributed by atoms with E-state index >= 15 is 4.79 Å². The van der Waals surface area contributed by atoms with Gasteiger partial charge in [0.05, 0.1) is 23.3 Å². The summed E-state index contributed by atoms with van der Waals surface area (Å²) >= 11 is 0. The number of benzene rings is 1. The van der Waals surface area contributed by atoms with E-state index in [4.69, 9.17) is 9.72 Å². The lowest BCUT2D eigenvalue weighted by atomic mass is 9.32. The van der Waals surface area contributed by atoms with Crippen molar-refractivity contribution in [1.29, 1.82) is 0 Å². The van der Waals surface area contributed by atoms with Crippen molar-refractivity contribution in [1.82, 2.24) is 14.9 Å². The molecule has 1 aliphatic heterocycles. The number of H-pyrrole nitrogens is 1. The zero-order valence-electron chi connectivity index (χ0n) is 32.8. The van der Waals surface area contributed by atoms with Crippen LogP contribution in [0.4, 0.5) is 4.39 Å². The number of imidazole rings is 1. The van der Waals surface area contributed by atoms with Gasteiger partial charge in [0.15, 0.2) is 0 Å². The number of halogens is 1. The van der Waals surface area contributed by atoms with Crippen molar-refractivity contribution in [2.24, 2.45) is 56.7 Å². The molecule has 2 aromatic rings. The number of aromatic amines is 1. The Bertz CT molecular complexity index is 1750. The lowest BCUT2D eigenvalue weighted by Crippen LogP contribution is -2.67. The molecule has 0 bridgehead atoms. The second-order valence-electron chi connectivity index (χ2n) is 19.6. The number of amides is 1. The second kappa shape index (κ2) is 12.3. The first-order valence-corrected chi connectivity index (χ1v) is 20.5. The molecule has 52 heavy (non-hydrogen) atoms. The quantitative estimate of drug-likeness (QED) is 0.247. The van der Waals surface area contributed by atoms with Crippen LogP contribution in [0.2, 0.25) is 0 Å². The summed E-state index contributed by atoms with van der Waals surface area (Å²) in [4.78, 5) is 38.1. The van der Waals surface area contributed by atoms with Gasteiger partial charge in [-0.2, -0.15) is 0 Å². The minimum Gasteiger partial charge on any atom is -0.462 e. The fraction of sp³-hybridized carbons (Fsp3) is 0.711. The number of allylic oxidation sites excluding steroid dienone is 1. The topological polar surface area (TPSA) is 75.3 Å². The lowest BCUT2D eigenvalue weighted by molar-refractivity contribution is -0.249. The van der Waals surface area contributed by atoms with Crippen LogP contribution in [-0.4, -0.2) is 39.4 Å². The molecule has 8 rings (SSSR count). The minimum atomic E-state index is -0.364. The number of hydrogen-bond acceptors (Lipinski definition) is 4. The average molecular weight is 712 g/mol. The molecule has 6 aliphatic rings. The summed E-state index contributed by atoms with van der Waals surface area (Å²) in [6.07, 6.45) is 14.6. The Morgan fingerprint density at radius 2 is 1.63 bits per heavy atom. The summed E-state index contributed by atoms with van der Waals surface area (Å²) in [7, 11) is 0. The molecular formula is C45H62FN3O3.